The molecule has 0 aliphatic heterocycles. The zero-order chi connectivity index (χ0) is 14.3. The van der Waals surface area contributed by atoms with E-state index in [1.165, 1.54) is 19.8 Å². The Kier molecular flexibility index (Phi) is 19.1. The Labute approximate surface area is 104 Å². The molecule has 0 rings (SSSR count). The van der Waals surface area contributed by atoms with Crippen LogP contribution >= 0.6 is 0 Å². The minimum absolute atomic E-state index is 0.295. The molecule has 1 amide bonds. The third-order valence-electron chi connectivity index (χ3n) is 1.69. The number of carbonyl (C=O) groups excluding carboxylic acids is 1. The number of amides is 1. The molecule has 0 atom stereocenters. The summed E-state index contributed by atoms with van der Waals surface area (Å²) in [6.45, 7) is 9.04. The first-order chi connectivity index (χ1) is 7.93. The van der Waals surface area contributed by atoms with Crippen molar-refractivity contribution in [3.05, 3.63) is 0 Å². The molecule has 0 aromatic heterocycles. The van der Waals surface area contributed by atoms with Crippen molar-refractivity contribution in [3.63, 3.8) is 0 Å². The molecule has 0 aromatic carbocycles. The lowest BCUT2D eigenvalue weighted by Gasteiger charge is -2.13. The number of ether oxygens (including phenoxy) is 1. The van der Waals surface area contributed by atoms with Gasteiger partial charge in [-0.2, -0.15) is 0 Å². The Hall–Kier alpha value is -0.870. The number of alkyl halides is 2. The van der Waals surface area contributed by atoms with E-state index < -0.39 is 18.6 Å². The van der Waals surface area contributed by atoms with Crippen molar-refractivity contribution in [2.75, 3.05) is 13.7 Å². The van der Waals surface area contributed by atoms with E-state index in [1.54, 1.807) is 0 Å². The molecular weight excluding hydrogens is 228 g/mol. The number of halogens is 2. The zero-order valence-electron chi connectivity index (χ0n) is 11.9. The number of alkyl carbamates (subject to hydrolysis) is 1. The SMILES string of the molecule is CC.CCC(F)(F)CNC(=O)OC.CCCC. The molecule has 1 N–H and O–H groups in total. The van der Waals surface area contributed by atoms with Gasteiger partial charge in [0.05, 0.1) is 13.7 Å². The molecule has 0 radical (unpaired) electrons. The van der Waals surface area contributed by atoms with Crippen molar-refractivity contribution in [1.82, 2.24) is 5.32 Å². The highest BCUT2D eigenvalue weighted by Gasteiger charge is 2.26. The molecule has 0 aromatic rings. The molecule has 0 saturated heterocycles. The van der Waals surface area contributed by atoms with Gasteiger partial charge in [-0.1, -0.05) is 47.5 Å². The Morgan fingerprint density at radius 1 is 1.18 bits per heavy atom. The number of unbranched alkanes of at least 4 members (excludes halogenated alkanes) is 1. The lowest BCUT2D eigenvalue weighted by molar-refractivity contribution is -0.00129. The van der Waals surface area contributed by atoms with E-state index in [4.69, 9.17) is 0 Å². The fraction of sp³-hybridized carbons (Fsp3) is 0.917. The van der Waals surface area contributed by atoms with Crippen LogP contribution in [0.15, 0.2) is 0 Å². The number of carbonyl (C=O) groups is 1. The van der Waals surface area contributed by atoms with E-state index in [0.717, 1.165) is 7.11 Å². The zero-order valence-corrected chi connectivity index (χ0v) is 11.9. The summed E-state index contributed by atoms with van der Waals surface area (Å²) in [5, 5.41) is 1.91. The van der Waals surface area contributed by atoms with Crippen LogP contribution < -0.4 is 5.32 Å². The van der Waals surface area contributed by atoms with Crippen molar-refractivity contribution >= 4 is 6.09 Å². The maximum atomic E-state index is 12.4. The van der Waals surface area contributed by atoms with Crippen LogP contribution in [-0.2, 0) is 4.74 Å². The summed E-state index contributed by atoms with van der Waals surface area (Å²) in [4.78, 5) is 10.3. The number of nitrogens with one attached hydrogen (secondary N) is 1. The number of rotatable bonds is 4. The van der Waals surface area contributed by atoms with Crippen LogP contribution in [-0.4, -0.2) is 25.7 Å². The fourth-order valence-electron chi connectivity index (χ4n) is 0.399. The summed E-state index contributed by atoms with van der Waals surface area (Å²) in [7, 11) is 1.12. The Morgan fingerprint density at radius 3 is 1.82 bits per heavy atom. The summed E-state index contributed by atoms with van der Waals surface area (Å²) in [6.07, 6.45) is 1.51. The minimum Gasteiger partial charge on any atom is -0.453 e. The Balaban J connectivity index is -0.000000275. The molecule has 0 unspecified atom stereocenters. The van der Waals surface area contributed by atoms with Crippen molar-refractivity contribution in [2.24, 2.45) is 0 Å². The number of hydrogen-bond donors (Lipinski definition) is 1. The van der Waals surface area contributed by atoms with Crippen LogP contribution in [0, 0.1) is 0 Å². The molecule has 0 spiro atoms. The second kappa shape index (κ2) is 15.1. The quantitative estimate of drug-likeness (QED) is 0.816. The van der Waals surface area contributed by atoms with Gasteiger partial charge in [0.25, 0.3) is 5.92 Å². The van der Waals surface area contributed by atoms with Gasteiger partial charge in [-0.25, -0.2) is 13.6 Å². The predicted molar refractivity (Wildman–Crippen MR) is 67.6 cm³/mol. The molecule has 0 aliphatic carbocycles. The first-order valence-electron chi connectivity index (χ1n) is 6.13. The van der Waals surface area contributed by atoms with E-state index >= 15 is 0 Å². The van der Waals surface area contributed by atoms with E-state index in [0.29, 0.717) is 0 Å². The standard InChI is InChI=1S/C6H11F2NO2.C4H10.C2H6/c1-3-6(7,8)4-9-5(10)11-2;1-3-4-2;1-2/h3-4H2,1-2H3,(H,9,10);3-4H2,1-2H3;1-2H3. The smallest absolute Gasteiger partial charge is 0.407 e. The van der Waals surface area contributed by atoms with Gasteiger partial charge in [-0.15, -0.1) is 0 Å². The minimum atomic E-state index is -2.84. The third kappa shape index (κ3) is 21.1. The second-order valence-corrected chi connectivity index (χ2v) is 3.05. The summed E-state index contributed by atoms with van der Waals surface area (Å²) < 4.78 is 28.9. The summed E-state index contributed by atoms with van der Waals surface area (Å²) >= 11 is 0. The Morgan fingerprint density at radius 2 is 1.59 bits per heavy atom. The summed E-state index contributed by atoms with van der Waals surface area (Å²) in [6, 6.07) is 0. The van der Waals surface area contributed by atoms with Gasteiger partial charge in [0.2, 0.25) is 0 Å². The van der Waals surface area contributed by atoms with Gasteiger partial charge in [-0.05, 0) is 0 Å². The molecule has 3 nitrogen and oxygen atoms in total. The summed E-state index contributed by atoms with van der Waals surface area (Å²) in [5.41, 5.74) is 0. The van der Waals surface area contributed by atoms with E-state index in [1.807, 2.05) is 19.2 Å². The molecule has 0 bridgehead atoms. The average molecular weight is 255 g/mol. The molecule has 5 heteroatoms. The van der Waals surface area contributed by atoms with Gasteiger partial charge < -0.3 is 10.1 Å². The lowest BCUT2D eigenvalue weighted by Crippen LogP contribution is -2.35. The fourth-order valence-corrected chi connectivity index (χ4v) is 0.399. The van der Waals surface area contributed by atoms with Gasteiger partial charge in [0.15, 0.2) is 0 Å². The Bertz CT molecular complexity index is 163. The monoisotopic (exact) mass is 255 g/mol. The largest absolute Gasteiger partial charge is 0.453 e. The lowest BCUT2D eigenvalue weighted by atomic mass is 10.3. The van der Waals surface area contributed by atoms with Crippen LogP contribution in [0.25, 0.3) is 0 Å². The predicted octanol–water partition coefficient (Wildman–Crippen LogP) is 4.22. The maximum absolute atomic E-state index is 12.4. The van der Waals surface area contributed by atoms with Gasteiger partial charge >= 0.3 is 6.09 Å². The molecule has 0 fully saturated rings. The van der Waals surface area contributed by atoms with Crippen LogP contribution in [0.1, 0.15) is 53.9 Å². The van der Waals surface area contributed by atoms with Crippen LogP contribution in [0.4, 0.5) is 13.6 Å². The van der Waals surface area contributed by atoms with E-state index in [2.05, 4.69) is 18.6 Å². The first-order valence-corrected chi connectivity index (χ1v) is 6.13. The highest BCUT2D eigenvalue weighted by atomic mass is 19.3. The summed E-state index contributed by atoms with van der Waals surface area (Å²) in [5.74, 6) is -2.84. The molecule has 0 saturated carbocycles. The first kappa shape index (κ1) is 21.4. The number of methoxy groups -OCH3 is 1. The van der Waals surface area contributed by atoms with Crippen molar-refractivity contribution in [1.29, 1.82) is 0 Å². The van der Waals surface area contributed by atoms with Crippen LogP contribution in [0.5, 0.6) is 0 Å². The molecule has 0 heterocycles. The van der Waals surface area contributed by atoms with Crippen LogP contribution in [0.3, 0.4) is 0 Å². The second-order valence-electron chi connectivity index (χ2n) is 3.05. The molecule has 17 heavy (non-hydrogen) atoms. The number of hydrogen-bond acceptors (Lipinski definition) is 2. The van der Waals surface area contributed by atoms with Crippen molar-refractivity contribution in [2.45, 2.75) is 59.8 Å². The van der Waals surface area contributed by atoms with E-state index in [9.17, 15) is 13.6 Å². The molecule has 106 valence electrons. The molecule has 0 aliphatic rings. The van der Waals surface area contributed by atoms with Crippen LogP contribution in [0.2, 0.25) is 0 Å². The van der Waals surface area contributed by atoms with Gasteiger partial charge in [0, 0.05) is 6.42 Å². The van der Waals surface area contributed by atoms with Crippen molar-refractivity contribution in [3.8, 4) is 0 Å². The average Bonchev–Trinajstić information content (AvgIpc) is 2.38. The van der Waals surface area contributed by atoms with Gasteiger partial charge in [0.1, 0.15) is 0 Å². The molecular formula is C12H27F2NO2. The highest BCUT2D eigenvalue weighted by molar-refractivity contribution is 5.66. The normalized spacial score (nSPS) is 9.18. The third-order valence-corrected chi connectivity index (χ3v) is 1.69. The van der Waals surface area contributed by atoms with E-state index in [-0.39, 0.29) is 6.42 Å². The highest BCUT2D eigenvalue weighted by Crippen LogP contribution is 2.15. The van der Waals surface area contributed by atoms with Gasteiger partial charge in [-0.3, -0.25) is 0 Å². The van der Waals surface area contributed by atoms with Crippen molar-refractivity contribution < 1.29 is 18.3 Å². The maximum Gasteiger partial charge on any atom is 0.407 e. The topological polar surface area (TPSA) is 38.3 Å².